The van der Waals surface area contributed by atoms with Gasteiger partial charge in [-0.05, 0) is 6.07 Å². The number of rotatable bonds is 8. The first-order valence-electron chi connectivity index (χ1n) is 13.1. The van der Waals surface area contributed by atoms with Crippen LogP contribution in [0.3, 0.4) is 0 Å². The standard InChI is InChI=1S/C26H30N8O6S/c1-38-25-22(34-11-18(30-32-34)16-7-8-27-28-9-16)24(37)20(12-35)40-26(25)41-21-14-39-13-19(23(21)36)33-10-17(29-31-33)15-5-3-2-4-6-15/h2-11,19-26,35-37H,12-14H2,1H3. The molecule has 0 radical (unpaired) electrons. The molecule has 2 aliphatic heterocycles. The molecule has 2 saturated heterocycles. The summed E-state index contributed by atoms with van der Waals surface area (Å²) in [6, 6.07) is 10.2. The van der Waals surface area contributed by atoms with Gasteiger partial charge in [-0.25, -0.2) is 9.36 Å². The lowest BCUT2D eigenvalue weighted by Crippen LogP contribution is -2.56. The molecule has 216 valence electrons. The highest BCUT2D eigenvalue weighted by molar-refractivity contribution is 8.00. The highest BCUT2D eigenvalue weighted by Gasteiger charge is 2.49. The minimum atomic E-state index is -1.14. The fourth-order valence-electron chi connectivity index (χ4n) is 5.18. The summed E-state index contributed by atoms with van der Waals surface area (Å²) in [5, 5.41) is 56.9. The Balaban J connectivity index is 1.22. The molecule has 8 atom stereocenters. The normalized spacial score (nSPS) is 30.3. The maximum atomic E-state index is 11.4. The number of benzene rings is 1. The smallest absolute Gasteiger partial charge is 0.132 e. The van der Waals surface area contributed by atoms with Crippen molar-refractivity contribution in [3.63, 3.8) is 0 Å². The van der Waals surface area contributed by atoms with E-state index in [4.69, 9.17) is 14.2 Å². The van der Waals surface area contributed by atoms with Gasteiger partial charge in [-0.1, -0.05) is 40.8 Å². The molecule has 3 aromatic heterocycles. The van der Waals surface area contributed by atoms with Crippen LogP contribution in [-0.2, 0) is 14.2 Å². The molecule has 5 heterocycles. The van der Waals surface area contributed by atoms with Crippen molar-refractivity contribution in [1.29, 1.82) is 0 Å². The predicted molar refractivity (Wildman–Crippen MR) is 145 cm³/mol. The molecule has 2 aliphatic rings. The summed E-state index contributed by atoms with van der Waals surface area (Å²) in [6.45, 7) is 0.105. The minimum absolute atomic E-state index is 0.262. The van der Waals surface area contributed by atoms with Crippen LogP contribution in [0.25, 0.3) is 22.5 Å². The number of aliphatic hydroxyl groups excluding tert-OH is 3. The van der Waals surface area contributed by atoms with Crippen LogP contribution in [0.4, 0.5) is 0 Å². The molecule has 14 nitrogen and oxygen atoms in total. The van der Waals surface area contributed by atoms with Gasteiger partial charge in [0, 0.05) is 18.2 Å². The Morgan fingerprint density at radius 3 is 2.44 bits per heavy atom. The maximum absolute atomic E-state index is 11.4. The first-order chi connectivity index (χ1) is 20.1. The molecule has 0 amide bonds. The van der Waals surface area contributed by atoms with Crippen LogP contribution in [0.1, 0.15) is 12.1 Å². The number of hydrogen-bond acceptors (Lipinski definition) is 13. The molecule has 6 rings (SSSR count). The molecule has 2 fully saturated rings. The van der Waals surface area contributed by atoms with E-state index in [0.29, 0.717) is 17.0 Å². The monoisotopic (exact) mass is 582 g/mol. The minimum Gasteiger partial charge on any atom is -0.394 e. The molecule has 8 unspecified atom stereocenters. The molecule has 41 heavy (non-hydrogen) atoms. The Morgan fingerprint density at radius 1 is 0.951 bits per heavy atom. The summed E-state index contributed by atoms with van der Waals surface area (Å²) in [5.74, 6) is 0. The van der Waals surface area contributed by atoms with Crippen LogP contribution in [0.5, 0.6) is 0 Å². The summed E-state index contributed by atoms with van der Waals surface area (Å²) in [6.07, 6.45) is 2.99. The number of thioether (sulfide) groups is 1. The summed E-state index contributed by atoms with van der Waals surface area (Å²) in [7, 11) is 1.52. The van der Waals surface area contributed by atoms with Crippen LogP contribution in [0.2, 0.25) is 0 Å². The van der Waals surface area contributed by atoms with Crippen molar-refractivity contribution in [3.8, 4) is 22.5 Å². The topological polar surface area (TPSA) is 176 Å². The first-order valence-corrected chi connectivity index (χ1v) is 14.1. The Morgan fingerprint density at radius 2 is 1.71 bits per heavy atom. The third kappa shape index (κ3) is 5.61. The second-order valence-electron chi connectivity index (χ2n) is 9.84. The van der Waals surface area contributed by atoms with Gasteiger partial charge in [0.2, 0.25) is 0 Å². The third-order valence-electron chi connectivity index (χ3n) is 7.37. The molecule has 4 aromatic rings. The van der Waals surface area contributed by atoms with E-state index in [2.05, 4.69) is 30.8 Å². The third-order valence-corrected chi connectivity index (χ3v) is 8.78. The van der Waals surface area contributed by atoms with Crippen molar-refractivity contribution < 1.29 is 29.5 Å². The lowest BCUT2D eigenvalue weighted by molar-refractivity contribution is -0.186. The predicted octanol–water partition coefficient (Wildman–Crippen LogP) is 0.362. The number of methoxy groups -OCH3 is 1. The molecule has 0 saturated carbocycles. The number of nitrogens with zero attached hydrogens (tertiary/aromatic N) is 8. The van der Waals surface area contributed by atoms with E-state index >= 15 is 0 Å². The van der Waals surface area contributed by atoms with Gasteiger partial charge < -0.3 is 29.5 Å². The van der Waals surface area contributed by atoms with Crippen molar-refractivity contribution in [2.75, 3.05) is 26.9 Å². The Labute approximate surface area is 239 Å². The first kappa shape index (κ1) is 27.8. The zero-order valence-electron chi connectivity index (χ0n) is 22.1. The van der Waals surface area contributed by atoms with Gasteiger partial charge in [0.15, 0.2) is 0 Å². The van der Waals surface area contributed by atoms with Gasteiger partial charge in [0.05, 0.1) is 56.0 Å². The van der Waals surface area contributed by atoms with Crippen LogP contribution in [0.15, 0.2) is 61.2 Å². The van der Waals surface area contributed by atoms with Crippen molar-refractivity contribution in [2.45, 2.75) is 47.2 Å². The van der Waals surface area contributed by atoms with Gasteiger partial charge in [-0.2, -0.15) is 10.2 Å². The zero-order valence-corrected chi connectivity index (χ0v) is 22.9. The van der Waals surface area contributed by atoms with E-state index in [1.807, 2.05) is 30.3 Å². The summed E-state index contributed by atoms with van der Waals surface area (Å²) in [5.41, 5.74) is 2.19. The SMILES string of the molecule is COC1C(SC2COCC(n3cc(-c4ccccc4)nn3)C2O)OC(CO)C(O)C1n1cc(-c2ccnnc2)nn1. The van der Waals surface area contributed by atoms with Crippen molar-refractivity contribution in [2.24, 2.45) is 0 Å². The van der Waals surface area contributed by atoms with Gasteiger partial charge in [-0.15, -0.1) is 22.0 Å². The zero-order chi connectivity index (χ0) is 28.3. The average Bonchev–Trinajstić information content (AvgIpc) is 3.70. The molecular formula is C26H30N8O6S. The van der Waals surface area contributed by atoms with Crippen molar-refractivity contribution >= 4 is 11.8 Å². The Bertz CT molecular complexity index is 1410. The second-order valence-corrected chi connectivity index (χ2v) is 11.2. The van der Waals surface area contributed by atoms with Gasteiger partial charge in [0.1, 0.15) is 47.2 Å². The number of ether oxygens (including phenoxy) is 3. The van der Waals surface area contributed by atoms with Crippen LogP contribution in [0, 0.1) is 0 Å². The van der Waals surface area contributed by atoms with Crippen LogP contribution < -0.4 is 0 Å². The van der Waals surface area contributed by atoms with E-state index in [9.17, 15) is 15.3 Å². The fourth-order valence-corrected chi connectivity index (χ4v) is 6.67. The van der Waals surface area contributed by atoms with Crippen molar-refractivity contribution in [3.05, 3.63) is 61.2 Å². The fraction of sp³-hybridized carbons (Fsp3) is 0.462. The van der Waals surface area contributed by atoms with E-state index in [1.54, 1.807) is 35.5 Å². The summed E-state index contributed by atoms with van der Waals surface area (Å²) < 4.78 is 21.0. The maximum Gasteiger partial charge on any atom is 0.132 e. The lowest BCUT2D eigenvalue weighted by Gasteiger charge is -2.45. The highest BCUT2D eigenvalue weighted by Crippen LogP contribution is 2.41. The van der Waals surface area contributed by atoms with Gasteiger partial charge >= 0.3 is 0 Å². The Kier molecular flexibility index (Phi) is 8.34. The number of aliphatic hydroxyl groups is 3. The van der Waals surface area contributed by atoms with E-state index in [-0.39, 0.29) is 13.2 Å². The Hall–Kier alpha value is -3.31. The van der Waals surface area contributed by atoms with E-state index in [0.717, 1.165) is 5.56 Å². The summed E-state index contributed by atoms with van der Waals surface area (Å²) in [4.78, 5) is 0. The van der Waals surface area contributed by atoms with Gasteiger partial charge in [0.25, 0.3) is 0 Å². The highest BCUT2D eigenvalue weighted by atomic mass is 32.2. The van der Waals surface area contributed by atoms with Crippen LogP contribution in [-0.4, -0.2) is 118 Å². The van der Waals surface area contributed by atoms with Gasteiger partial charge in [-0.3, -0.25) is 0 Å². The average molecular weight is 583 g/mol. The molecule has 0 spiro atoms. The molecule has 0 bridgehead atoms. The largest absolute Gasteiger partial charge is 0.394 e. The quantitative estimate of drug-likeness (QED) is 0.260. The number of hydrogen-bond donors (Lipinski definition) is 3. The molecule has 3 N–H and O–H groups in total. The second kappa shape index (κ2) is 12.3. The molecule has 1 aromatic carbocycles. The van der Waals surface area contributed by atoms with E-state index < -0.39 is 53.8 Å². The number of aromatic nitrogens is 8. The van der Waals surface area contributed by atoms with Crippen molar-refractivity contribution in [1.82, 2.24) is 40.2 Å². The molecular weight excluding hydrogens is 552 g/mol. The lowest BCUT2D eigenvalue weighted by atomic mass is 9.97. The molecule has 15 heteroatoms. The van der Waals surface area contributed by atoms with E-state index in [1.165, 1.54) is 23.6 Å². The molecule has 0 aliphatic carbocycles. The van der Waals surface area contributed by atoms with Crippen LogP contribution >= 0.6 is 11.8 Å². The summed E-state index contributed by atoms with van der Waals surface area (Å²) >= 11 is 1.32.